The Bertz CT molecular complexity index is 977. The monoisotopic (exact) mass is 420 g/mol. The van der Waals surface area contributed by atoms with Gasteiger partial charge in [0.15, 0.2) is 11.6 Å². The lowest BCUT2D eigenvalue weighted by molar-refractivity contribution is 0.347. The highest BCUT2D eigenvalue weighted by molar-refractivity contribution is 6.30. The Morgan fingerprint density at radius 1 is 1.11 bits per heavy atom. The van der Waals surface area contributed by atoms with Gasteiger partial charge in [0.2, 0.25) is 5.89 Å². The zero-order valence-corrected chi connectivity index (χ0v) is 17.1. The first-order valence-corrected chi connectivity index (χ1v) is 9.81. The molecule has 2 aliphatic rings. The molecular weight excluding hydrogens is 399 g/mol. The summed E-state index contributed by atoms with van der Waals surface area (Å²) in [5, 5.41) is 17.3. The van der Waals surface area contributed by atoms with E-state index in [-0.39, 0.29) is 12.4 Å². The van der Waals surface area contributed by atoms with Gasteiger partial charge in [0.05, 0.1) is 12.2 Å². The van der Waals surface area contributed by atoms with Gasteiger partial charge in [-0.1, -0.05) is 16.8 Å². The Kier molecular flexibility index (Phi) is 5.40. The Hall–Kier alpha value is -1.96. The van der Waals surface area contributed by atoms with Crippen LogP contribution in [0.2, 0.25) is 5.02 Å². The van der Waals surface area contributed by atoms with Gasteiger partial charge in [0.1, 0.15) is 5.82 Å². The lowest BCUT2D eigenvalue weighted by Gasteiger charge is -2.26. The van der Waals surface area contributed by atoms with Gasteiger partial charge in [0.25, 0.3) is 0 Å². The number of nitrogens with zero attached hydrogens (tertiary/aromatic N) is 5. The van der Waals surface area contributed by atoms with Crippen LogP contribution in [0.15, 0.2) is 22.7 Å². The van der Waals surface area contributed by atoms with Crippen LogP contribution in [0.4, 0.5) is 0 Å². The van der Waals surface area contributed by atoms with Gasteiger partial charge in [-0.3, -0.25) is 4.57 Å². The topological polar surface area (TPSA) is 81.7 Å². The molecule has 1 N–H and O–H groups in total. The summed E-state index contributed by atoms with van der Waals surface area (Å²) in [7, 11) is 0. The molecule has 7 nitrogen and oxygen atoms in total. The number of rotatable bonds is 2. The van der Waals surface area contributed by atoms with Crippen molar-refractivity contribution in [3.05, 3.63) is 52.1 Å². The molecular formula is C19H22Cl2N6O. The quantitative estimate of drug-likeness (QED) is 0.672. The van der Waals surface area contributed by atoms with Crippen molar-refractivity contribution in [1.82, 2.24) is 30.2 Å². The predicted molar refractivity (Wildman–Crippen MR) is 107 cm³/mol. The van der Waals surface area contributed by atoms with Gasteiger partial charge in [-0.15, -0.1) is 22.6 Å². The van der Waals surface area contributed by atoms with Gasteiger partial charge in [-0.2, -0.15) is 4.98 Å². The van der Waals surface area contributed by atoms with Crippen molar-refractivity contribution in [3.8, 4) is 5.69 Å². The molecule has 1 aliphatic heterocycles. The number of aromatic nitrogens is 5. The Labute approximate surface area is 174 Å². The molecule has 3 heterocycles. The molecule has 1 aromatic carbocycles. The molecule has 0 saturated heterocycles. The molecule has 0 amide bonds. The molecule has 1 saturated carbocycles. The van der Waals surface area contributed by atoms with Crippen LogP contribution >= 0.6 is 24.0 Å². The first-order chi connectivity index (χ1) is 13.2. The van der Waals surface area contributed by atoms with Crippen molar-refractivity contribution >= 4 is 24.0 Å². The van der Waals surface area contributed by atoms with Crippen molar-refractivity contribution < 1.29 is 4.52 Å². The second-order valence-electron chi connectivity index (χ2n) is 7.41. The number of halogens is 2. The number of hydrogen-bond acceptors (Lipinski definition) is 6. The summed E-state index contributed by atoms with van der Waals surface area (Å²) in [5.74, 6) is 4.25. The van der Waals surface area contributed by atoms with Crippen molar-refractivity contribution in [2.45, 2.75) is 57.5 Å². The molecule has 5 rings (SSSR count). The number of fused-ring (bicyclic) bond motifs is 3. The van der Waals surface area contributed by atoms with E-state index in [0.29, 0.717) is 24.3 Å². The standard InChI is InChI=1S/C19H21ClN6O.ClH/c1-11-22-18(25-27-11)12-2-4-13(5-3-12)19-24-23-17-10-21-9-14-8-15(20)6-7-16(14)26(17)19;/h6-8,12-13,21H,2-5,9-10H2,1H3;1H. The normalized spacial score (nSPS) is 21.4. The first-order valence-electron chi connectivity index (χ1n) is 9.43. The summed E-state index contributed by atoms with van der Waals surface area (Å²) in [5.41, 5.74) is 2.31. The van der Waals surface area contributed by atoms with Gasteiger partial charge >= 0.3 is 0 Å². The van der Waals surface area contributed by atoms with Crippen LogP contribution in [0, 0.1) is 6.92 Å². The Morgan fingerprint density at radius 2 is 1.89 bits per heavy atom. The van der Waals surface area contributed by atoms with Crippen LogP contribution in [-0.2, 0) is 13.1 Å². The van der Waals surface area contributed by atoms with Crippen molar-refractivity contribution in [2.75, 3.05) is 0 Å². The lowest BCUT2D eigenvalue weighted by Crippen LogP contribution is -2.17. The van der Waals surface area contributed by atoms with E-state index in [0.717, 1.165) is 60.4 Å². The van der Waals surface area contributed by atoms with E-state index in [1.54, 1.807) is 0 Å². The van der Waals surface area contributed by atoms with Crippen molar-refractivity contribution in [2.24, 2.45) is 0 Å². The molecule has 0 bridgehead atoms. The van der Waals surface area contributed by atoms with Crippen LogP contribution in [0.1, 0.15) is 66.4 Å². The minimum Gasteiger partial charge on any atom is -0.340 e. The van der Waals surface area contributed by atoms with E-state index in [4.69, 9.17) is 16.1 Å². The maximum absolute atomic E-state index is 6.21. The van der Waals surface area contributed by atoms with E-state index in [9.17, 15) is 0 Å². The van der Waals surface area contributed by atoms with Crippen LogP contribution in [0.3, 0.4) is 0 Å². The van der Waals surface area contributed by atoms with Crippen LogP contribution in [0.25, 0.3) is 5.69 Å². The molecule has 9 heteroatoms. The second kappa shape index (κ2) is 7.81. The van der Waals surface area contributed by atoms with Gasteiger partial charge < -0.3 is 9.84 Å². The summed E-state index contributed by atoms with van der Waals surface area (Å²) in [6.45, 7) is 3.32. The highest BCUT2D eigenvalue weighted by Crippen LogP contribution is 2.40. The highest BCUT2D eigenvalue weighted by Gasteiger charge is 2.31. The Balaban J connectivity index is 0.00000192. The molecule has 0 atom stereocenters. The highest BCUT2D eigenvalue weighted by atomic mass is 35.5. The first kappa shape index (κ1) is 19.4. The van der Waals surface area contributed by atoms with E-state index < -0.39 is 0 Å². The molecule has 0 spiro atoms. The number of benzene rings is 1. The number of nitrogens with one attached hydrogen (secondary N) is 1. The van der Waals surface area contributed by atoms with Crippen LogP contribution in [0.5, 0.6) is 0 Å². The van der Waals surface area contributed by atoms with Crippen molar-refractivity contribution in [1.29, 1.82) is 0 Å². The maximum atomic E-state index is 6.21. The largest absolute Gasteiger partial charge is 0.340 e. The average molecular weight is 421 g/mol. The summed E-state index contributed by atoms with van der Waals surface area (Å²) in [6.07, 6.45) is 4.18. The fraction of sp³-hybridized carbons (Fsp3) is 0.474. The fourth-order valence-electron chi connectivity index (χ4n) is 4.29. The molecule has 3 aromatic rings. The third-order valence-corrected chi connectivity index (χ3v) is 5.87. The van der Waals surface area contributed by atoms with E-state index in [2.05, 4.69) is 36.3 Å². The molecule has 0 radical (unpaired) electrons. The minimum atomic E-state index is 0. The summed E-state index contributed by atoms with van der Waals surface area (Å²) < 4.78 is 7.38. The zero-order valence-electron chi connectivity index (χ0n) is 15.6. The second-order valence-corrected chi connectivity index (χ2v) is 7.84. The van der Waals surface area contributed by atoms with Crippen LogP contribution in [-0.4, -0.2) is 24.9 Å². The molecule has 28 heavy (non-hydrogen) atoms. The van der Waals surface area contributed by atoms with E-state index in [1.165, 1.54) is 5.56 Å². The molecule has 148 valence electrons. The summed E-state index contributed by atoms with van der Waals surface area (Å²) >= 11 is 6.21. The van der Waals surface area contributed by atoms with Gasteiger partial charge in [-0.25, -0.2) is 0 Å². The fourth-order valence-corrected chi connectivity index (χ4v) is 4.48. The van der Waals surface area contributed by atoms with Gasteiger partial charge in [-0.05, 0) is 49.4 Å². The maximum Gasteiger partial charge on any atom is 0.223 e. The molecule has 1 aliphatic carbocycles. The van der Waals surface area contributed by atoms with E-state index >= 15 is 0 Å². The summed E-state index contributed by atoms with van der Waals surface area (Å²) in [4.78, 5) is 4.41. The molecule has 1 fully saturated rings. The SMILES string of the molecule is Cc1nc(C2CCC(c3nnc4n3-c3ccc(Cl)cc3CNC4)CC2)no1.Cl. The predicted octanol–water partition coefficient (Wildman–Crippen LogP) is 4.08. The number of aryl methyl sites for hydroxylation is 1. The summed E-state index contributed by atoms with van der Waals surface area (Å²) in [6, 6.07) is 6.04. The average Bonchev–Trinajstić information content (AvgIpc) is 3.25. The van der Waals surface area contributed by atoms with Crippen LogP contribution < -0.4 is 5.32 Å². The molecule has 2 aromatic heterocycles. The Morgan fingerprint density at radius 3 is 2.64 bits per heavy atom. The zero-order chi connectivity index (χ0) is 18.4. The van der Waals surface area contributed by atoms with E-state index in [1.807, 2.05) is 19.1 Å². The third kappa shape index (κ3) is 3.43. The minimum absolute atomic E-state index is 0. The van der Waals surface area contributed by atoms with Crippen molar-refractivity contribution in [3.63, 3.8) is 0 Å². The lowest BCUT2D eigenvalue weighted by atomic mass is 9.81. The number of hydrogen-bond donors (Lipinski definition) is 1. The third-order valence-electron chi connectivity index (χ3n) is 5.64. The molecule has 0 unspecified atom stereocenters. The smallest absolute Gasteiger partial charge is 0.223 e. The van der Waals surface area contributed by atoms with Gasteiger partial charge in [0, 0.05) is 30.3 Å².